The molecule has 1 fully saturated rings. The first-order valence-corrected chi connectivity index (χ1v) is 11.1. The third-order valence-corrected chi connectivity index (χ3v) is 5.33. The number of piperidine rings is 1. The SMILES string of the molecule is Cn1nc(C(=O)N2CCCC(C(=O)NCCNC(=O)OC(C)(C)C)C2)c2ccccc2c1=O. The van der Waals surface area contributed by atoms with Crippen molar-refractivity contribution in [3.05, 3.63) is 40.3 Å². The Hall–Kier alpha value is -3.43. The van der Waals surface area contributed by atoms with Crippen LogP contribution in [0.3, 0.4) is 0 Å². The van der Waals surface area contributed by atoms with Crippen LogP contribution in [-0.4, -0.2) is 64.4 Å². The molecular weight excluding hydrogens is 426 g/mol. The molecule has 0 spiro atoms. The second-order valence-electron chi connectivity index (χ2n) is 9.13. The number of hydrogen-bond acceptors (Lipinski definition) is 6. The predicted molar refractivity (Wildman–Crippen MR) is 123 cm³/mol. The monoisotopic (exact) mass is 457 g/mol. The minimum Gasteiger partial charge on any atom is -0.444 e. The maximum atomic E-state index is 13.2. The number of amides is 3. The van der Waals surface area contributed by atoms with Gasteiger partial charge in [-0.05, 0) is 39.7 Å². The van der Waals surface area contributed by atoms with E-state index in [0.717, 1.165) is 0 Å². The minimum atomic E-state index is -0.587. The zero-order chi connectivity index (χ0) is 24.2. The molecule has 10 heteroatoms. The number of benzene rings is 1. The summed E-state index contributed by atoms with van der Waals surface area (Å²) in [6.07, 6.45) is 0.809. The zero-order valence-electron chi connectivity index (χ0n) is 19.5. The van der Waals surface area contributed by atoms with Gasteiger partial charge in [0.2, 0.25) is 5.91 Å². The van der Waals surface area contributed by atoms with Gasteiger partial charge in [0.15, 0.2) is 5.69 Å². The Bertz CT molecular complexity index is 1100. The summed E-state index contributed by atoms with van der Waals surface area (Å²) < 4.78 is 6.32. The highest BCUT2D eigenvalue weighted by atomic mass is 16.6. The van der Waals surface area contributed by atoms with Crippen LogP contribution < -0.4 is 16.2 Å². The molecule has 33 heavy (non-hydrogen) atoms. The van der Waals surface area contributed by atoms with Gasteiger partial charge in [0.05, 0.1) is 11.3 Å². The standard InChI is InChI=1S/C23H31N5O5/c1-23(2,3)33-22(32)25-12-11-24-19(29)15-8-7-13-28(14-15)21(31)18-16-9-5-6-10-17(16)20(30)27(4)26-18/h5-6,9-10,15H,7-8,11-14H2,1-4H3,(H,24,29)(H,25,32). The normalized spacial score (nSPS) is 16.4. The molecule has 3 amide bonds. The molecule has 0 radical (unpaired) electrons. The third kappa shape index (κ3) is 6.09. The van der Waals surface area contributed by atoms with Crippen LogP contribution in [0.15, 0.2) is 29.1 Å². The Balaban J connectivity index is 1.59. The first-order valence-electron chi connectivity index (χ1n) is 11.1. The predicted octanol–water partition coefficient (Wildman–Crippen LogP) is 1.43. The van der Waals surface area contributed by atoms with E-state index in [-0.39, 0.29) is 48.6 Å². The number of nitrogens with one attached hydrogen (secondary N) is 2. The van der Waals surface area contributed by atoms with Crippen LogP contribution in [0.2, 0.25) is 0 Å². The summed E-state index contributed by atoms with van der Waals surface area (Å²) in [5, 5.41) is 10.6. The number of carbonyl (C=O) groups excluding carboxylic acids is 3. The maximum absolute atomic E-state index is 13.2. The Morgan fingerprint density at radius 1 is 1.12 bits per heavy atom. The molecular formula is C23H31N5O5. The lowest BCUT2D eigenvalue weighted by atomic mass is 9.96. The highest BCUT2D eigenvalue weighted by Crippen LogP contribution is 2.21. The van der Waals surface area contributed by atoms with Crippen molar-refractivity contribution in [2.75, 3.05) is 26.2 Å². The average Bonchev–Trinajstić information content (AvgIpc) is 2.77. The van der Waals surface area contributed by atoms with E-state index in [4.69, 9.17) is 4.74 Å². The van der Waals surface area contributed by atoms with Gasteiger partial charge in [-0.15, -0.1) is 0 Å². The lowest BCUT2D eigenvalue weighted by Gasteiger charge is -2.32. The lowest BCUT2D eigenvalue weighted by Crippen LogP contribution is -2.47. The maximum Gasteiger partial charge on any atom is 0.407 e. The van der Waals surface area contributed by atoms with Crippen molar-refractivity contribution in [2.45, 2.75) is 39.2 Å². The van der Waals surface area contributed by atoms with Gasteiger partial charge in [0.1, 0.15) is 5.60 Å². The largest absolute Gasteiger partial charge is 0.444 e. The molecule has 1 aromatic carbocycles. The van der Waals surface area contributed by atoms with Crippen LogP contribution in [0.4, 0.5) is 4.79 Å². The number of carbonyl (C=O) groups is 3. The summed E-state index contributed by atoms with van der Waals surface area (Å²) in [6, 6.07) is 6.89. The average molecular weight is 458 g/mol. The Kier molecular flexibility index (Phi) is 7.35. The quantitative estimate of drug-likeness (QED) is 0.655. The molecule has 2 N–H and O–H groups in total. The van der Waals surface area contributed by atoms with E-state index in [2.05, 4.69) is 15.7 Å². The number of aromatic nitrogens is 2. The number of rotatable bonds is 5. The van der Waals surface area contributed by atoms with Gasteiger partial charge < -0.3 is 20.3 Å². The molecule has 0 bridgehead atoms. The van der Waals surface area contributed by atoms with E-state index in [1.54, 1.807) is 49.9 Å². The van der Waals surface area contributed by atoms with Crippen molar-refractivity contribution in [3.63, 3.8) is 0 Å². The molecule has 1 aliphatic heterocycles. The molecule has 1 atom stereocenters. The molecule has 1 unspecified atom stereocenters. The first-order chi connectivity index (χ1) is 15.6. The fourth-order valence-electron chi connectivity index (χ4n) is 3.79. The van der Waals surface area contributed by atoms with Crippen LogP contribution in [0.5, 0.6) is 0 Å². The molecule has 1 aromatic heterocycles. The number of nitrogens with zero attached hydrogens (tertiary/aromatic N) is 3. The van der Waals surface area contributed by atoms with Gasteiger partial charge in [-0.2, -0.15) is 5.10 Å². The van der Waals surface area contributed by atoms with Crippen LogP contribution in [0.1, 0.15) is 44.1 Å². The van der Waals surface area contributed by atoms with Gasteiger partial charge in [-0.25, -0.2) is 9.48 Å². The highest BCUT2D eigenvalue weighted by molar-refractivity contribution is 6.05. The second-order valence-corrected chi connectivity index (χ2v) is 9.13. The van der Waals surface area contributed by atoms with E-state index in [0.29, 0.717) is 30.2 Å². The van der Waals surface area contributed by atoms with E-state index in [9.17, 15) is 19.2 Å². The first kappa shape index (κ1) is 24.2. The van der Waals surface area contributed by atoms with Gasteiger partial charge in [-0.1, -0.05) is 18.2 Å². The van der Waals surface area contributed by atoms with Gasteiger partial charge in [0, 0.05) is 38.6 Å². The number of alkyl carbamates (subject to hydrolysis) is 1. The summed E-state index contributed by atoms with van der Waals surface area (Å²) in [4.78, 5) is 51.5. The second kappa shape index (κ2) is 10.0. The Labute approximate surface area is 192 Å². The van der Waals surface area contributed by atoms with Crippen LogP contribution in [-0.2, 0) is 16.6 Å². The molecule has 2 aromatic rings. The molecule has 1 saturated heterocycles. The summed E-state index contributed by atoms with van der Waals surface area (Å²) in [5.74, 6) is -0.828. The zero-order valence-corrected chi connectivity index (χ0v) is 19.5. The van der Waals surface area contributed by atoms with Crippen molar-refractivity contribution in [1.82, 2.24) is 25.3 Å². The Morgan fingerprint density at radius 2 is 1.79 bits per heavy atom. The fraction of sp³-hybridized carbons (Fsp3) is 0.522. The third-order valence-electron chi connectivity index (χ3n) is 5.33. The number of fused-ring (bicyclic) bond motifs is 1. The van der Waals surface area contributed by atoms with Gasteiger partial charge in [-0.3, -0.25) is 14.4 Å². The fourth-order valence-corrected chi connectivity index (χ4v) is 3.79. The summed E-state index contributed by atoms with van der Waals surface area (Å²) >= 11 is 0. The molecule has 178 valence electrons. The number of hydrogen-bond donors (Lipinski definition) is 2. The molecule has 3 rings (SSSR count). The number of likely N-dealkylation sites (tertiary alicyclic amines) is 1. The van der Waals surface area contributed by atoms with Crippen molar-refractivity contribution in [2.24, 2.45) is 13.0 Å². The molecule has 1 aliphatic rings. The van der Waals surface area contributed by atoms with Crippen molar-refractivity contribution < 1.29 is 19.1 Å². The van der Waals surface area contributed by atoms with Crippen LogP contribution in [0.25, 0.3) is 10.8 Å². The minimum absolute atomic E-state index is 0.170. The number of aryl methyl sites for hydroxylation is 1. The van der Waals surface area contributed by atoms with Crippen molar-refractivity contribution in [1.29, 1.82) is 0 Å². The number of ether oxygens (including phenoxy) is 1. The smallest absolute Gasteiger partial charge is 0.407 e. The van der Waals surface area contributed by atoms with Crippen molar-refractivity contribution in [3.8, 4) is 0 Å². The summed E-state index contributed by atoms with van der Waals surface area (Å²) in [7, 11) is 1.52. The molecule has 0 aliphatic carbocycles. The topological polar surface area (TPSA) is 123 Å². The molecule has 10 nitrogen and oxygen atoms in total. The molecule has 2 heterocycles. The van der Waals surface area contributed by atoms with E-state index in [1.165, 1.54) is 11.7 Å². The van der Waals surface area contributed by atoms with Crippen LogP contribution >= 0.6 is 0 Å². The van der Waals surface area contributed by atoms with E-state index < -0.39 is 11.7 Å². The van der Waals surface area contributed by atoms with E-state index >= 15 is 0 Å². The molecule has 0 saturated carbocycles. The van der Waals surface area contributed by atoms with Gasteiger partial charge in [0.25, 0.3) is 11.5 Å². The van der Waals surface area contributed by atoms with E-state index in [1.807, 2.05) is 0 Å². The summed E-state index contributed by atoms with van der Waals surface area (Å²) in [6.45, 7) is 6.61. The van der Waals surface area contributed by atoms with Gasteiger partial charge >= 0.3 is 6.09 Å². The van der Waals surface area contributed by atoms with Crippen LogP contribution in [0, 0.1) is 5.92 Å². The lowest BCUT2D eigenvalue weighted by molar-refractivity contribution is -0.126. The van der Waals surface area contributed by atoms with Crippen molar-refractivity contribution >= 4 is 28.7 Å². The highest BCUT2D eigenvalue weighted by Gasteiger charge is 2.30. The Morgan fingerprint density at radius 3 is 2.48 bits per heavy atom. The summed E-state index contributed by atoms with van der Waals surface area (Å²) in [5.41, 5.74) is -0.648.